The van der Waals surface area contributed by atoms with Gasteiger partial charge in [0.05, 0.1) is 12.2 Å². The molecule has 0 fully saturated rings. The Balaban J connectivity index is 2.17. The minimum absolute atomic E-state index is 0.185. The molecule has 0 atom stereocenters. The number of aryl methyl sites for hydroxylation is 1. The Morgan fingerprint density at radius 2 is 1.95 bits per heavy atom. The number of benzene rings is 1. The van der Waals surface area contributed by atoms with Gasteiger partial charge in [0.15, 0.2) is 0 Å². The first-order valence-electron chi connectivity index (χ1n) is 6.62. The summed E-state index contributed by atoms with van der Waals surface area (Å²) in [5, 5.41) is 7.76. The summed E-state index contributed by atoms with van der Waals surface area (Å²) < 4.78 is 1.74. The quantitative estimate of drug-likeness (QED) is 0.639. The van der Waals surface area contributed by atoms with Gasteiger partial charge in [-0.2, -0.15) is 5.10 Å². The van der Waals surface area contributed by atoms with Gasteiger partial charge in [-0.15, -0.1) is 0 Å². The highest BCUT2D eigenvalue weighted by molar-refractivity contribution is 5.64. The summed E-state index contributed by atoms with van der Waals surface area (Å²) in [5.74, 6) is 0.519. The second-order valence-electron chi connectivity index (χ2n) is 5.21. The highest BCUT2D eigenvalue weighted by Crippen LogP contribution is 2.24. The second kappa shape index (κ2) is 5.32. The largest absolute Gasteiger partial charge is 0.399 e. The molecule has 0 spiro atoms. The van der Waals surface area contributed by atoms with Crippen molar-refractivity contribution in [1.82, 2.24) is 9.78 Å². The predicted molar refractivity (Wildman–Crippen MR) is 84.4 cm³/mol. The van der Waals surface area contributed by atoms with Gasteiger partial charge in [-0.05, 0) is 44.5 Å². The molecule has 0 bridgehead atoms. The molecule has 0 unspecified atom stereocenters. The van der Waals surface area contributed by atoms with Gasteiger partial charge in [-0.25, -0.2) is 4.68 Å². The van der Waals surface area contributed by atoms with Crippen molar-refractivity contribution >= 4 is 22.9 Å². The van der Waals surface area contributed by atoms with Gasteiger partial charge in [-0.1, -0.05) is 0 Å². The number of nitrogens with two attached hydrogens (primary N) is 3. The zero-order valence-electron chi connectivity index (χ0n) is 12.1. The molecule has 1 aromatic heterocycles. The lowest BCUT2D eigenvalue weighted by molar-refractivity contribution is 0.535. The van der Waals surface area contributed by atoms with Crippen LogP contribution in [-0.2, 0) is 6.54 Å². The molecule has 2 aromatic rings. The molecule has 6 nitrogen and oxygen atoms in total. The van der Waals surface area contributed by atoms with Gasteiger partial charge in [0.2, 0.25) is 0 Å². The van der Waals surface area contributed by atoms with E-state index in [1.165, 1.54) is 0 Å². The van der Waals surface area contributed by atoms with E-state index in [2.05, 4.69) is 10.4 Å². The Kier molecular flexibility index (Phi) is 3.74. The SMILES string of the molecule is Cc1cc(N)ccc1NCc1nn(C(C)C)c(N)c1N. The summed E-state index contributed by atoms with van der Waals surface area (Å²) >= 11 is 0. The molecule has 6 heteroatoms. The molecule has 2 rings (SSSR count). The smallest absolute Gasteiger partial charge is 0.145 e. The third-order valence-corrected chi connectivity index (χ3v) is 3.25. The Bertz CT molecular complexity index is 614. The Hall–Kier alpha value is -2.37. The van der Waals surface area contributed by atoms with Crippen LogP contribution < -0.4 is 22.5 Å². The van der Waals surface area contributed by atoms with Gasteiger partial charge in [0, 0.05) is 17.4 Å². The minimum atomic E-state index is 0.185. The number of anilines is 4. The van der Waals surface area contributed by atoms with Crippen molar-refractivity contribution in [2.45, 2.75) is 33.4 Å². The number of hydrogen-bond donors (Lipinski definition) is 4. The number of nitrogens with one attached hydrogen (secondary N) is 1. The molecular formula is C14H22N6. The van der Waals surface area contributed by atoms with E-state index < -0.39 is 0 Å². The van der Waals surface area contributed by atoms with E-state index in [1.807, 2.05) is 39.0 Å². The molecule has 1 heterocycles. The van der Waals surface area contributed by atoms with Gasteiger partial charge in [-0.3, -0.25) is 0 Å². The Morgan fingerprint density at radius 3 is 2.50 bits per heavy atom. The lowest BCUT2D eigenvalue weighted by Gasteiger charge is -2.09. The maximum absolute atomic E-state index is 6.00. The molecule has 0 radical (unpaired) electrons. The molecule has 0 aliphatic carbocycles. The van der Waals surface area contributed by atoms with E-state index in [0.717, 1.165) is 22.6 Å². The third-order valence-electron chi connectivity index (χ3n) is 3.25. The van der Waals surface area contributed by atoms with E-state index in [0.29, 0.717) is 18.1 Å². The van der Waals surface area contributed by atoms with Crippen LogP contribution in [0.2, 0.25) is 0 Å². The molecule has 0 saturated heterocycles. The summed E-state index contributed by atoms with van der Waals surface area (Å²) in [6, 6.07) is 5.92. The van der Waals surface area contributed by atoms with E-state index in [1.54, 1.807) is 4.68 Å². The van der Waals surface area contributed by atoms with Gasteiger partial charge < -0.3 is 22.5 Å². The molecule has 0 aliphatic heterocycles. The number of nitrogen functional groups attached to an aromatic ring is 3. The summed E-state index contributed by atoms with van der Waals surface area (Å²) in [5.41, 5.74) is 21.8. The summed E-state index contributed by atoms with van der Waals surface area (Å²) in [6.07, 6.45) is 0. The number of rotatable bonds is 4. The van der Waals surface area contributed by atoms with Crippen LogP contribution in [0.1, 0.15) is 31.1 Å². The first-order chi connectivity index (χ1) is 9.40. The number of nitrogens with zero attached hydrogens (tertiary/aromatic N) is 2. The zero-order valence-corrected chi connectivity index (χ0v) is 12.1. The highest BCUT2D eigenvalue weighted by Gasteiger charge is 2.14. The lowest BCUT2D eigenvalue weighted by Crippen LogP contribution is -2.08. The standard InChI is InChI=1S/C14H22N6/c1-8(2)20-14(17)13(16)12(19-20)7-18-11-5-4-10(15)6-9(11)3/h4-6,8,18H,7,15-17H2,1-3H3. The molecule has 20 heavy (non-hydrogen) atoms. The van der Waals surface area contributed by atoms with Crippen molar-refractivity contribution in [2.75, 3.05) is 22.5 Å². The average Bonchev–Trinajstić information content (AvgIpc) is 2.66. The lowest BCUT2D eigenvalue weighted by atomic mass is 10.2. The van der Waals surface area contributed by atoms with Crippen LogP contribution in [0.4, 0.5) is 22.9 Å². The highest BCUT2D eigenvalue weighted by atomic mass is 15.3. The van der Waals surface area contributed by atoms with E-state index in [4.69, 9.17) is 17.2 Å². The normalized spacial score (nSPS) is 11.0. The van der Waals surface area contributed by atoms with Crippen molar-refractivity contribution in [3.63, 3.8) is 0 Å². The molecule has 0 aliphatic rings. The van der Waals surface area contributed by atoms with Crippen LogP contribution in [0.25, 0.3) is 0 Å². The van der Waals surface area contributed by atoms with Crippen LogP contribution in [0, 0.1) is 6.92 Å². The van der Waals surface area contributed by atoms with E-state index in [9.17, 15) is 0 Å². The van der Waals surface area contributed by atoms with Gasteiger partial charge >= 0.3 is 0 Å². The maximum atomic E-state index is 6.00. The van der Waals surface area contributed by atoms with Gasteiger partial charge in [0.1, 0.15) is 11.5 Å². The molecule has 1 aromatic carbocycles. The molecule has 0 amide bonds. The average molecular weight is 274 g/mol. The van der Waals surface area contributed by atoms with Crippen LogP contribution in [-0.4, -0.2) is 9.78 Å². The van der Waals surface area contributed by atoms with E-state index in [-0.39, 0.29) is 6.04 Å². The fraction of sp³-hybridized carbons (Fsp3) is 0.357. The number of hydrogen-bond acceptors (Lipinski definition) is 5. The fourth-order valence-electron chi connectivity index (χ4n) is 2.10. The molecule has 108 valence electrons. The van der Waals surface area contributed by atoms with Gasteiger partial charge in [0.25, 0.3) is 0 Å². The second-order valence-corrected chi connectivity index (χ2v) is 5.21. The molecule has 0 saturated carbocycles. The van der Waals surface area contributed by atoms with Crippen LogP contribution in [0.3, 0.4) is 0 Å². The van der Waals surface area contributed by atoms with Crippen molar-refractivity contribution in [3.8, 4) is 0 Å². The first kappa shape index (κ1) is 14.0. The van der Waals surface area contributed by atoms with Crippen LogP contribution in [0.15, 0.2) is 18.2 Å². The molecule has 7 N–H and O–H groups in total. The van der Waals surface area contributed by atoms with Crippen LogP contribution in [0.5, 0.6) is 0 Å². The summed E-state index contributed by atoms with van der Waals surface area (Å²) in [7, 11) is 0. The zero-order chi connectivity index (χ0) is 14.9. The van der Waals surface area contributed by atoms with Crippen molar-refractivity contribution < 1.29 is 0 Å². The predicted octanol–water partition coefficient (Wildman–Crippen LogP) is 2.13. The summed E-state index contributed by atoms with van der Waals surface area (Å²) in [6.45, 7) is 6.57. The number of aromatic nitrogens is 2. The topological polar surface area (TPSA) is 108 Å². The minimum Gasteiger partial charge on any atom is -0.399 e. The third kappa shape index (κ3) is 2.64. The van der Waals surface area contributed by atoms with Crippen LogP contribution >= 0.6 is 0 Å². The van der Waals surface area contributed by atoms with Crippen molar-refractivity contribution in [2.24, 2.45) is 0 Å². The first-order valence-corrected chi connectivity index (χ1v) is 6.62. The maximum Gasteiger partial charge on any atom is 0.145 e. The molecular weight excluding hydrogens is 252 g/mol. The summed E-state index contributed by atoms with van der Waals surface area (Å²) in [4.78, 5) is 0. The van der Waals surface area contributed by atoms with E-state index >= 15 is 0 Å². The Labute approximate surface area is 118 Å². The fourth-order valence-corrected chi connectivity index (χ4v) is 2.10. The van der Waals surface area contributed by atoms with Crippen molar-refractivity contribution in [3.05, 3.63) is 29.5 Å². The monoisotopic (exact) mass is 274 g/mol. The van der Waals surface area contributed by atoms with Crippen molar-refractivity contribution in [1.29, 1.82) is 0 Å². The Morgan fingerprint density at radius 1 is 1.25 bits per heavy atom.